The molecule has 1 aromatic heterocycles. The van der Waals surface area contributed by atoms with E-state index in [0.29, 0.717) is 31.4 Å². The predicted octanol–water partition coefficient (Wildman–Crippen LogP) is -0.304. The van der Waals surface area contributed by atoms with Crippen molar-refractivity contribution in [3.8, 4) is 0 Å². The number of aromatic nitrogens is 1. The Labute approximate surface area is 184 Å². The molecule has 3 unspecified atom stereocenters. The first-order chi connectivity index (χ1) is 15.2. The number of para-hydroxylation sites is 1. The summed E-state index contributed by atoms with van der Waals surface area (Å²) in [6.07, 6.45) is 2.51. The van der Waals surface area contributed by atoms with Crippen LogP contribution in [0, 0.1) is 0 Å². The van der Waals surface area contributed by atoms with Crippen LogP contribution in [0.15, 0.2) is 30.5 Å². The molecule has 2 aromatic rings. The molecule has 0 aliphatic rings. The van der Waals surface area contributed by atoms with E-state index in [2.05, 4.69) is 15.6 Å². The summed E-state index contributed by atoms with van der Waals surface area (Å²) in [7, 11) is 0. The van der Waals surface area contributed by atoms with E-state index in [1.807, 2.05) is 24.3 Å². The molecule has 32 heavy (non-hydrogen) atoms. The second kappa shape index (κ2) is 11.8. The molecule has 0 aliphatic heterocycles. The molecular weight excluding hydrogens is 418 g/mol. The summed E-state index contributed by atoms with van der Waals surface area (Å²) < 4.78 is 0. The molecule has 1 heterocycles. The maximum atomic E-state index is 12.7. The average molecular weight is 447 g/mol. The number of unbranched alkanes of at least 4 members (excludes halogenated alkanes) is 1. The highest BCUT2D eigenvalue weighted by molar-refractivity contribution is 5.94. The third-order valence-corrected chi connectivity index (χ3v) is 5.03. The summed E-state index contributed by atoms with van der Waals surface area (Å²) >= 11 is 0. The maximum Gasteiger partial charge on any atom is 0.326 e. The molecule has 2 rings (SSSR count). The predicted molar refractivity (Wildman–Crippen MR) is 117 cm³/mol. The zero-order valence-corrected chi connectivity index (χ0v) is 17.5. The Hall–Kier alpha value is -3.44. The van der Waals surface area contributed by atoms with Gasteiger partial charge in [0.2, 0.25) is 11.8 Å². The summed E-state index contributed by atoms with van der Waals surface area (Å²) in [5, 5.41) is 24.2. The normalized spacial score (nSPS) is 13.8. The van der Waals surface area contributed by atoms with Crippen LogP contribution in [0.5, 0.6) is 0 Å². The number of aromatic amines is 1. The lowest BCUT2D eigenvalue weighted by Crippen LogP contribution is -2.55. The van der Waals surface area contributed by atoms with Crippen LogP contribution in [0.4, 0.5) is 0 Å². The standard InChI is InChI=1S/C21H29N5O6/c22-8-4-3-6-14(23)19(29)25-16(10-18(27)28)20(30)26-17(21(31)32)9-12-11-24-15-7-2-1-5-13(12)15/h1-2,5,7,11,14,16-17,24H,3-4,6,8-10,22-23H2,(H,25,29)(H,26,30)(H,27,28)(H,31,32). The van der Waals surface area contributed by atoms with Gasteiger partial charge in [-0.1, -0.05) is 24.6 Å². The van der Waals surface area contributed by atoms with Gasteiger partial charge in [-0.25, -0.2) is 4.79 Å². The van der Waals surface area contributed by atoms with Gasteiger partial charge in [0.25, 0.3) is 0 Å². The second-order valence-electron chi connectivity index (χ2n) is 7.51. The molecule has 0 aliphatic carbocycles. The van der Waals surface area contributed by atoms with E-state index < -0.39 is 48.3 Å². The lowest BCUT2D eigenvalue weighted by Gasteiger charge is -2.22. The zero-order chi connectivity index (χ0) is 23.7. The highest BCUT2D eigenvalue weighted by Crippen LogP contribution is 2.19. The van der Waals surface area contributed by atoms with Crippen molar-refractivity contribution in [1.29, 1.82) is 0 Å². The lowest BCUT2D eigenvalue weighted by molar-refractivity contribution is -0.143. The summed E-state index contributed by atoms with van der Waals surface area (Å²) in [5.74, 6) is -4.22. The lowest BCUT2D eigenvalue weighted by atomic mass is 10.0. The number of benzene rings is 1. The molecular formula is C21H29N5O6. The number of aliphatic carboxylic acids is 2. The fraction of sp³-hybridized carbons (Fsp3) is 0.429. The molecule has 174 valence electrons. The Bertz CT molecular complexity index is 959. The first-order valence-electron chi connectivity index (χ1n) is 10.3. The Balaban J connectivity index is 2.08. The number of nitrogens with one attached hydrogen (secondary N) is 3. The van der Waals surface area contributed by atoms with Crippen LogP contribution < -0.4 is 22.1 Å². The fourth-order valence-corrected chi connectivity index (χ4v) is 3.30. The summed E-state index contributed by atoms with van der Waals surface area (Å²) in [4.78, 5) is 51.0. The number of rotatable bonds is 13. The number of fused-ring (bicyclic) bond motifs is 1. The van der Waals surface area contributed by atoms with Crippen LogP contribution in [0.1, 0.15) is 31.2 Å². The molecule has 3 atom stereocenters. The van der Waals surface area contributed by atoms with Crippen molar-refractivity contribution in [3.63, 3.8) is 0 Å². The van der Waals surface area contributed by atoms with E-state index in [9.17, 15) is 24.3 Å². The van der Waals surface area contributed by atoms with Crippen LogP contribution in [0.3, 0.4) is 0 Å². The van der Waals surface area contributed by atoms with E-state index in [4.69, 9.17) is 16.6 Å². The van der Waals surface area contributed by atoms with Gasteiger partial charge in [-0.15, -0.1) is 0 Å². The maximum absolute atomic E-state index is 12.7. The molecule has 0 radical (unpaired) electrons. The van der Waals surface area contributed by atoms with Crippen molar-refractivity contribution in [1.82, 2.24) is 15.6 Å². The van der Waals surface area contributed by atoms with Gasteiger partial charge in [0, 0.05) is 23.5 Å². The number of carbonyl (C=O) groups excluding carboxylic acids is 2. The fourth-order valence-electron chi connectivity index (χ4n) is 3.30. The molecule has 1 aromatic carbocycles. The van der Waals surface area contributed by atoms with Gasteiger partial charge in [-0.3, -0.25) is 14.4 Å². The van der Waals surface area contributed by atoms with Gasteiger partial charge in [-0.05, 0) is 31.0 Å². The summed E-state index contributed by atoms with van der Waals surface area (Å²) in [5.41, 5.74) is 12.7. The monoisotopic (exact) mass is 447 g/mol. The van der Waals surface area contributed by atoms with Gasteiger partial charge in [-0.2, -0.15) is 0 Å². The largest absolute Gasteiger partial charge is 0.481 e. The van der Waals surface area contributed by atoms with E-state index in [0.717, 1.165) is 10.9 Å². The zero-order valence-electron chi connectivity index (χ0n) is 17.5. The Morgan fingerprint density at radius 1 is 1.00 bits per heavy atom. The number of H-pyrrole nitrogens is 1. The SMILES string of the molecule is NCCCCC(N)C(=O)NC(CC(=O)O)C(=O)NC(Cc1c[nH]c2ccccc12)C(=O)O. The Morgan fingerprint density at radius 3 is 2.34 bits per heavy atom. The van der Waals surface area contributed by atoms with Gasteiger partial charge in [0.1, 0.15) is 12.1 Å². The summed E-state index contributed by atoms with van der Waals surface area (Å²) in [6, 6.07) is 3.57. The Morgan fingerprint density at radius 2 is 1.69 bits per heavy atom. The highest BCUT2D eigenvalue weighted by Gasteiger charge is 2.30. The second-order valence-corrected chi connectivity index (χ2v) is 7.51. The Kier molecular flexibility index (Phi) is 9.17. The van der Waals surface area contributed by atoms with Crippen LogP contribution in [0.25, 0.3) is 10.9 Å². The molecule has 0 bridgehead atoms. The number of nitrogens with two attached hydrogens (primary N) is 2. The molecule has 11 nitrogen and oxygen atoms in total. The topological polar surface area (TPSA) is 201 Å². The first-order valence-corrected chi connectivity index (χ1v) is 10.3. The van der Waals surface area contributed by atoms with E-state index >= 15 is 0 Å². The van der Waals surface area contributed by atoms with Crippen LogP contribution in [0.2, 0.25) is 0 Å². The van der Waals surface area contributed by atoms with Crippen LogP contribution in [-0.2, 0) is 25.6 Å². The number of hydrogen-bond donors (Lipinski definition) is 7. The van der Waals surface area contributed by atoms with Gasteiger partial charge in [0.05, 0.1) is 12.5 Å². The van der Waals surface area contributed by atoms with Crippen molar-refractivity contribution >= 4 is 34.7 Å². The number of carboxylic acids is 2. The van der Waals surface area contributed by atoms with Crippen molar-refractivity contribution < 1.29 is 29.4 Å². The van der Waals surface area contributed by atoms with Crippen LogP contribution >= 0.6 is 0 Å². The van der Waals surface area contributed by atoms with E-state index in [1.54, 1.807) is 6.20 Å². The third kappa shape index (κ3) is 7.06. The van der Waals surface area contributed by atoms with E-state index in [-0.39, 0.29) is 6.42 Å². The van der Waals surface area contributed by atoms with E-state index in [1.165, 1.54) is 0 Å². The highest BCUT2D eigenvalue weighted by atomic mass is 16.4. The third-order valence-electron chi connectivity index (χ3n) is 5.03. The molecule has 2 amide bonds. The van der Waals surface area contributed by atoms with Crippen molar-refractivity contribution in [2.45, 2.75) is 50.2 Å². The van der Waals surface area contributed by atoms with Gasteiger partial charge < -0.3 is 37.3 Å². The van der Waals surface area contributed by atoms with Crippen molar-refractivity contribution in [2.24, 2.45) is 11.5 Å². The number of carboxylic acid groups (broad SMARTS) is 2. The average Bonchev–Trinajstić information content (AvgIpc) is 3.15. The molecule has 0 spiro atoms. The van der Waals surface area contributed by atoms with Gasteiger partial charge >= 0.3 is 11.9 Å². The molecule has 0 saturated carbocycles. The number of carbonyl (C=O) groups is 4. The molecule has 0 saturated heterocycles. The van der Waals surface area contributed by atoms with Gasteiger partial charge in [0.15, 0.2) is 0 Å². The smallest absolute Gasteiger partial charge is 0.326 e. The molecule has 0 fully saturated rings. The quantitative estimate of drug-likeness (QED) is 0.203. The summed E-state index contributed by atoms with van der Waals surface area (Å²) in [6.45, 7) is 0.450. The van der Waals surface area contributed by atoms with Crippen LogP contribution in [-0.4, -0.2) is 63.6 Å². The first kappa shape index (κ1) is 24.8. The molecule has 11 heteroatoms. The minimum atomic E-state index is -1.47. The van der Waals surface area contributed by atoms with Crippen molar-refractivity contribution in [3.05, 3.63) is 36.0 Å². The minimum absolute atomic E-state index is 0.0303. The molecule has 9 N–H and O–H groups in total. The minimum Gasteiger partial charge on any atom is -0.481 e. The number of hydrogen-bond acceptors (Lipinski definition) is 6. The van der Waals surface area contributed by atoms with Crippen molar-refractivity contribution in [2.75, 3.05) is 6.54 Å². The number of amides is 2.